The van der Waals surface area contributed by atoms with E-state index in [9.17, 15) is 4.79 Å². The summed E-state index contributed by atoms with van der Waals surface area (Å²) in [6.07, 6.45) is 9.58. The summed E-state index contributed by atoms with van der Waals surface area (Å²) in [5.41, 5.74) is 5.73. The van der Waals surface area contributed by atoms with E-state index in [0.717, 1.165) is 50.0 Å². The first-order valence-corrected chi connectivity index (χ1v) is 7.63. The van der Waals surface area contributed by atoms with Gasteiger partial charge in [0.05, 0.1) is 5.54 Å². The number of carbonyl (C=O) groups excluding carboxylic acids is 1. The van der Waals surface area contributed by atoms with Crippen LogP contribution in [-0.4, -0.2) is 29.9 Å². The first-order chi connectivity index (χ1) is 8.58. The number of amides is 1. The normalized spacial score (nSPS) is 37.1. The fraction of sp³-hybridized carbons (Fsp3) is 0.933. The van der Waals surface area contributed by atoms with E-state index in [1.54, 1.807) is 0 Å². The molecule has 0 heterocycles. The van der Waals surface area contributed by atoms with Gasteiger partial charge >= 0.3 is 0 Å². The highest BCUT2D eigenvalue weighted by molar-refractivity contribution is 5.86. The van der Waals surface area contributed by atoms with Gasteiger partial charge in [-0.3, -0.25) is 4.79 Å². The minimum Gasteiger partial charge on any atom is -0.344 e. The molecule has 3 aliphatic carbocycles. The van der Waals surface area contributed by atoms with Crippen LogP contribution in [0.25, 0.3) is 0 Å². The van der Waals surface area contributed by atoms with E-state index in [1.807, 2.05) is 11.9 Å². The van der Waals surface area contributed by atoms with E-state index < -0.39 is 5.54 Å². The molecule has 3 fully saturated rings. The summed E-state index contributed by atoms with van der Waals surface area (Å²) in [7, 11) is 1.96. The molecule has 102 valence electrons. The SMILES string of the molecule is CN(CC1CC2CCC1C2)C(=O)C1(N)CCCC1. The third-order valence-corrected chi connectivity index (χ3v) is 5.66. The van der Waals surface area contributed by atoms with Crippen molar-refractivity contribution in [1.82, 2.24) is 4.90 Å². The molecule has 2 N–H and O–H groups in total. The van der Waals surface area contributed by atoms with Crippen molar-refractivity contribution in [3.05, 3.63) is 0 Å². The lowest BCUT2D eigenvalue weighted by Gasteiger charge is -2.32. The molecule has 18 heavy (non-hydrogen) atoms. The number of hydrogen-bond acceptors (Lipinski definition) is 2. The van der Waals surface area contributed by atoms with Crippen LogP contribution in [-0.2, 0) is 4.79 Å². The molecule has 0 aromatic carbocycles. The van der Waals surface area contributed by atoms with E-state index in [1.165, 1.54) is 25.7 Å². The van der Waals surface area contributed by atoms with Crippen molar-refractivity contribution < 1.29 is 4.79 Å². The van der Waals surface area contributed by atoms with Crippen LogP contribution in [0.5, 0.6) is 0 Å². The number of hydrogen-bond donors (Lipinski definition) is 1. The van der Waals surface area contributed by atoms with Gasteiger partial charge in [-0.1, -0.05) is 19.3 Å². The molecule has 3 saturated carbocycles. The predicted molar refractivity (Wildman–Crippen MR) is 72.0 cm³/mol. The Hall–Kier alpha value is -0.570. The first-order valence-electron chi connectivity index (χ1n) is 7.63. The van der Waals surface area contributed by atoms with Crippen molar-refractivity contribution in [1.29, 1.82) is 0 Å². The molecule has 0 aliphatic heterocycles. The van der Waals surface area contributed by atoms with Gasteiger partial charge in [-0.15, -0.1) is 0 Å². The number of carbonyl (C=O) groups is 1. The Morgan fingerprint density at radius 3 is 2.56 bits per heavy atom. The van der Waals surface area contributed by atoms with Gasteiger partial charge in [0.15, 0.2) is 0 Å². The van der Waals surface area contributed by atoms with Gasteiger partial charge in [0.1, 0.15) is 0 Å². The van der Waals surface area contributed by atoms with Crippen LogP contribution < -0.4 is 5.73 Å². The molecule has 0 aromatic heterocycles. The Bertz CT molecular complexity index is 335. The average molecular weight is 250 g/mol. The third-order valence-electron chi connectivity index (χ3n) is 5.66. The lowest BCUT2D eigenvalue weighted by atomic mass is 9.88. The molecular weight excluding hydrogens is 224 g/mol. The second-order valence-electron chi connectivity index (χ2n) is 6.98. The number of nitrogens with two attached hydrogens (primary N) is 1. The summed E-state index contributed by atoms with van der Waals surface area (Å²) in [6.45, 7) is 0.943. The van der Waals surface area contributed by atoms with E-state index in [-0.39, 0.29) is 5.91 Å². The van der Waals surface area contributed by atoms with Crippen LogP contribution in [0.1, 0.15) is 51.4 Å². The van der Waals surface area contributed by atoms with Gasteiger partial charge in [0.25, 0.3) is 0 Å². The largest absolute Gasteiger partial charge is 0.344 e. The highest BCUT2D eigenvalue weighted by atomic mass is 16.2. The average Bonchev–Trinajstić information content (AvgIpc) is 3.04. The minimum absolute atomic E-state index is 0.197. The van der Waals surface area contributed by atoms with Crippen LogP contribution in [0, 0.1) is 17.8 Å². The molecule has 1 amide bonds. The Kier molecular flexibility index (Phi) is 3.13. The van der Waals surface area contributed by atoms with Gasteiger partial charge in [-0.25, -0.2) is 0 Å². The zero-order valence-corrected chi connectivity index (χ0v) is 11.5. The second-order valence-corrected chi connectivity index (χ2v) is 6.98. The fourth-order valence-electron chi connectivity index (χ4n) is 4.63. The molecule has 0 aromatic rings. The molecule has 3 nitrogen and oxygen atoms in total. The molecule has 3 rings (SSSR count). The fourth-order valence-corrected chi connectivity index (χ4v) is 4.63. The maximum absolute atomic E-state index is 12.5. The number of likely N-dealkylation sites (N-methyl/N-ethyl adjacent to an activating group) is 1. The quantitative estimate of drug-likeness (QED) is 0.834. The Morgan fingerprint density at radius 2 is 2.00 bits per heavy atom. The summed E-state index contributed by atoms with van der Waals surface area (Å²) >= 11 is 0. The maximum Gasteiger partial charge on any atom is 0.242 e. The smallest absolute Gasteiger partial charge is 0.242 e. The van der Waals surface area contributed by atoms with Gasteiger partial charge in [0.2, 0.25) is 5.91 Å². The van der Waals surface area contributed by atoms with E-state index in [4.69, 9.17) is 5.73 Å². The molecule has 0 radical (unpaired) electrons. The number of rotatable bonds is 3. The van der Waals surface area contributed by atoms with Crippen molar-refractivity contribution >= 4 is 5.91 Å². The van der Waals surface area contributed by atoms with Crippen molar-refractivity contribution in [2.75, 3.05) is 13.6 Å². The molecule has 3 unspecified atom stereocenters. The van der Waals surface area contributed by atoms with E-state index >= 15 is 0 Å². The summed E-state index contributed by atoms with van der Waals surface area (Å²) in [5.74, 6) is 2.80. The molecule has 0 spiro atoms. The molecule has 3 aliphatic rings. The molecular formula is C15H26N2O. The predicted octanol–water partition coefficient (Wildman–Crippen LogP) is 2.15. The zero-order chi connectivity index (χ0) is 12.8. The summed E-state index contributed by atoms with van der Waals surface area (Å²) < 4.78 is 0. The topological polar surface area (TPSA) is 46.3 Å². The third kappa shape index (κ3) is 2.07. The van der Waals surface area contributed by atoms with Crippen molar-refractivity contribution in [2.24, 2.45) is 23.5 Å². The zero-order valence-electron chi connectivity index (χ0n) is 11.5. The van der Waals surface area contributed by atoms with E-state index in [2.05, 4.69) is 0 Å². The molecule has 3 heteroatoms. The van der Waals surface area contributed by atoms with Crippen LogP contribution in [0.2, 0.25) is 0 Å². The van der Waals surface area contributed by atoms with Crippen LogP contribution in [0.3, 0.4) is 0 Å². The minimum atomic E-state index is -0.535. The van der Waals surface area contributed by atoms with Gasteiger partial charge in [-0.05, 0) is 49.9 Å². The summed E-state index contributed by atoms with van der Waals surface area (Å²) in [6, 6.07) is 0. The highest BCUT2D eigenvalue weighted by Crippen LogP contribution is 2.48. The molecule has 0 saturated heterocycles. The van der Waals surface area contributed by atoms with Crippen molar-refractivity contribution in [3.63, 3.8) is 0 Å². The maximum atomic E-state index is 12.5. The Morgan fingerprint density at radius 1 is 1.28 bits per heavy atom. The number of nitrogens with zero attached hydrogens (tertiary/aromatic N) is 1. The Labute approximate surface area is 110 Å². The van der Waals surface area contributed by atoms with Gasteiger partial charge in [-0.2, -0.15) is 0 Å². The lowest BCUT2D eigenvalue weighted by Crippen LogP contribution is -2.53. The lowest BCUT2D eigenvalue weighted by molar-refractivity contribution is -0.136. The first kappa shape index (κ1) is 12.5. The monoisotopic (exact) mass is 250 g/mol. The van der Waals surface area contributed by atoms with Crippen molar-refractivity contribution in [2.45, 2.75) is 56.9 Å². The Balaban J connectivity index is 1.58. The molecule has 2 bridgehead atoms. The van der Waals surface area contributed by atoms with Crippen LogP contribution in [0.4, 0.5) is 0 Å². The van der Waals surface area contributed by atoms with Crippen molar-refractivity contribution in [3.8, 4) is 0 Å². The van der Waals surface area contributed by atoms with Gasteiger partial charge < -0.3 is 10.6 Å². The van der Waals surface area contributed by atoms with Crippen LogP contribution in [0.15, 0.2) is 0 Å². The number of fused-ring (bicyclic) bond motifs is 2. The second kappa shape index (κ2) is 4.52. The van der Waals surface area contributed by atoms with Crippen LogP contribution >= 0.6 is 0 Å². The van der Waals surface area contributed by atoms with Gasteiger partial charge in [0, 0.05) is 13.6 Å². The highest BCUT2D eigenvalue weighted by Gasteiger charge is 2.43. The van der Waals surface area contributed by atoms with E-state index in [0.29, 0.717) is 0 Å². The standard InChI is InChI=1S/C15H26N2O/c1-17(14(18)15(16)6-2-3-7-15)10-13-9-11-4-5-12(13)8-11/h11-13H,2-10,16H2,1H3. The summed E-state index contributed by atoms with van der Waals surface area (Å²) in [4.78, 5) is 14.4. The molecule has 3 atom stereocenters. The summed E-state index contributed by atoms with van der Waals surface area (Å²) in [5, 5.41) is 0.